The number of hydrogen-bond acceptors (Lipinski definition) is 6. The largest absolute Gasteiger partial charge is 0.398 e. The van der Waals surface area contributed by atoms with Crippen LogP contribution in [0.15, 0.2) is 41.3 Å². The summed E-state index contributed by atoms with van der Waals surface area (Å²) < 4.78 is 7.28. The van der Waals surface area contributed by atoms with Gasteiger partial charge < -0.3 is 20.9 Å². The number of aromatic nitrogens is 4. The van der Waals surface area contributed by atoms with Gasteiger partial charge in [0.25, 0.3) is 5.56 Å². The Hall–Kier alpha value is -3.26. The molecule has 2 aromatic heterocycles. The van der Waals surface area contributed by atoms with E-state index in [0.717, 1.165) is 30.2 Å². The Morgan fingerprint density at radius 1 is 1.36 bits per heavy atom. The lowest BCUT2D eigenvalue weighted by atomic mass is 10.0. The molecule has 3 heterocycles. The Bertz CT molecular complexity index is 1090. The number of H-pyrrole nitrogens is 1. The SMILES string of the molecule is N=CC=C(N)c1ccccc1Cc1nc2c(cnn2C2CCOCC2)c(=O)[nH]1. The average Bonchev–Trinajstić information content (AvgIpc) is 3.14. The highest BCUT2D eigenvalue weighted by molar-refractivity contribution is 5.82. The van der Waals surface area contributed by atoms with Crippen molar-refractivity contribution in [1.82, 2.24) is 19.7 Å². The number of ether oxygens (including phenoxy) is 1. The van der Waals surface area contributed by atoms with E-state index in [1.165, 1.54) is 0 Å². The molecule has 1 aliphatic rings. The van der Waals surface area contributed by atoms with E-state index in [-0.39, 0.29) is 11.6 Å². The number of allylic oxidation sites excluding steroid dienone is 1. The summed E-state index contributed by atoms with van der Waals surface area (Å²) in [7, 11) is 0. The molecule has 28 heavy (non-hydrogen) atoms. The topological polar surface area (TPSA) is 123 Å². The van der Waals surface area contributed by atoms with Gasteiger partial charge in [-0.1, -0.05) is 24.3 Å². The van der Waals surface area contributed by atoms with Crippen LogP contribution >= 0.6 is 0 Å². The number of nitrogens with two attached hydrogens (primary N) is 1. The zero-order valence-corrected chi connectivity index (χ0v) is 15.4. The normalized spacial score (nSPS) is 15.8. The number of benzene rings is 1. The number of nitrogens with one attached hydrogen (secondary N) is 2. The molecule has 4 rings (SSSR count). The molecule has 3 aromatic rings. The second-order valence-electron chi connectivity index (χ2n) is 6.81. The Morgan fingerprint density at radius 2 is 2.14 bits per heavy atom. The van der Waals surface area contributed by atoms with Gasteiger partial charge in [-0.05, 0) is 24.5 Å². The fourth-order valence-electron chi connectivity index (χ4n) is 3.58. The second kappa shape index (κ2) is 7.77. The summed E-state index contributed by atoms with van der Waals surface area (Å²) in [6, 6.07) is 7.84. The summed E-state index contributed by atoms with van der Waals surface area (Å²) in [5.41, 5.74) is 8.74. The van der Waals surface area contributed by atoms with Gasteiger partial charge in [0.05, 0.1) is 12.2 Å². The van der Waals surface area contributed by atoms with Crippen LogP contribution in [0.3, 0.4) is 0 Å². The lowest BCUT2D eigenvalue weighted by Crippen LogP contribution is -2.21. The Morgan fingerprint density at radius 3 is 2.93 bits per heavy atom. The third kappa shape index (κ3) is 3.46. The van der Waals surface area contributed by atoms with Gasteiger partial charge in [-0.3, -0.25) is 4.79 Å². The van der Waals surface area contributed by atoms with Crippen LogP contribution in [0.25, 0.3) is 16.7 Å². The smallest absolute Gasteiger partial charge is 0.262 e. The Labute approximate surface area is 161 Å². The zero-order valence-electron chi connectivity index (χ0n) is 15.4. The van der Waals surface area contributed by atoms with E-state index in [9.17, 15) is 4.79 Å². The van der Waals surface area contributed by atoms with E-state index in [1.807, 2.05) is 28.9 Å². The van der Waals surface area contributed by atoms with E-state index < -0.39 is 0 Å². The molecule has 0 unspecified atom stereocenters. The number of aromatic amines is 1. The maximum absolute atomic E-state index is 12.6. The van der Waals surface area contributed by atoms with E-state index in [2.05, 4.69) is 10.1 Å². The van der Waals surface area contributed by atoms with E-state index in [0.29, 0.717) is 42.2 Å². The summed E-state index contributed by atoms with van der Waals surface area (Å²) in [6.45, 7) is 1.38. The van der Waals surface area contributed by atoms with Gasteiger partial charge in [0, 0.05) is 37.1 Å². The second-order valence-corrected chi connectivity index (χ2v) is 6.81. The molecule has 0 amide bonds. The van der Waals surface area contributed by atoms with Gasteiger partial charge in [-0.2, -0.15) is 5.10 Å². The Balaban J connectivity index is 1.73. The van der Waals surface area contributed by atoms with Crippen LogP contribution in [0.2, 0.25) is 0 Å². The first-order valence-electron chi connectivity index (χ1n) is 9.26. The van der Waals surface area contributed by atoms with Crippen LogP contribution in [0.1, 0.15) is 35.8 Å². The number of rotatable bonds is 5. The fourth-order valence-corrected chi connectivity index (χ4v) is 3.58. The first-order chi connectivity index (χ1) is 13.7. The van der Waals surface area contributed by atoms with Crippen molar-refractivity contribution in [2.45, 2.75) is 25.3 Å². The zero-order chi connectivity index (χ0) is 19.5. The maximum atomic E-state index is 12.6. The number of nitrogens with zero attached hydrogens (tertiary/aromatic N) is 3. The van der Waals surface area contributed by atoms with Gasteiger partial charge >= 0.3 is 0 Å². The van der Waals surface area contributed by atoms with Crippen molar-refractivity contribution < 1.29 is 4.74 Å². The molecule has 4 N–H and O–H groups in total. The minimum Gasteiger partial charge on any atom is -0.398 e. The molecule has 144 valence electrons. The van der Waals surface area contributed by atoms with Crippen LogP contribution in [0.4, 0.5) is 0 Å². The van der Waals surface area contributed by atoms with Gasteiger partial charge in [-0.15, -0.1) is 0 Å². The highest BCUT2D eigenvalue weighted by atomic mass is 16.5. The van der Waals surface area contributed by atoms with Gasteiger partial charge in [0.15, 0.2) is 5.65 Å². The maximum Gasteiger partial charge on any atom is 0.262 e. The van der Waals surface area contributed by atoms with Crippen molar-refractivity contribution >= 4 is 22.9 Å². The summed E-state index contributed by atoms with van der Waals surface area (Å²) >= 11 is 0. The van der Waals surface area contributed by atoms with Crippen molar-refractivity contribution in [3.63, 3.8) is 0 Å². The molecular formula is C20H22N6O2. The van der Waals surface area contributed by atoms with Gasteiger partial charge in [0.2, 0.25) is 0 Å². The molecule has 0 aliphatic carbocycles. The number of fused-ring (bicyclic) bond motifs is 1. The first-order valence-corrected chi connectivity index (χ1v) is 9.26. The third-order valence-electron chi connectivity index (χ3n) is 5.00. The molecule has 1 saturated heterocycles. The van der Waals surface area contributed by atoms with Crippen LogP contribution in [-0.4, -0.2) is 39.2 Å². The lowest BCUT2D eigenvalue weighted by molar-refractivity contribution is 0.0673. The van der Waals surface area contributed by atoms with Crippen LogP contribution in [-0.2, 0) is 11.2 Å². The fraction of sp³-hybridized carbons (Fsp3) is 0.300. The third-order valence-corrected chi connectivity index (χ3v) is 5.00. The molecule has 0 radical (unpaired) electrons. The summed E-state index contributed by atoms with van der Waals surface area (Å²) in [4.78, 5) is 20.1. The molecule has 0 atom stereocenters. The van der Waals surface area contributed by atoms with Gasteiger partial charge in [-0.25, -0.2) is 9.67 Å². The van der Waals surface area contributed by atoms with Crippen molar-refractivity contribution in [3.05, 3.63) is 63.8 Å². The highest BCUT2D eigenvalue weighted by Gasteiger charge is 2.20. The summed E-state index contributed by atoms with van der Waals surface area (Å²) in [5.74, 6) is 0.557. The van der Waals surface area contributed by atoms with Crippen LogP contribution < -0.4 is 11.3 Å². The van der Waals surface area contributed by atoms with E-state index >= 15 is 0 Å². The predicted molar refractivity (Wildman–Crippen MR) is 107 cm³/mol. The first kappa shape index (κ1) is 18.1. The molecule has 1 fully saturated rings. The van der Waals surface area contributed by atoms with Crippen LogP contribution in [0, 0.1) is 5.41 Å². The highest BCUT2D eigenvalue weighted by Crippen LogP contribution is 2.23. The molecule has 8 nitrogen and oxygen atoms in total. The van der Waals surface area contributed by atoms with Crippen molar-refractivity contribution in [1.29, 1.82) is 5.41 Å². The predicted octanol–water partition coefficient (Wildman–Crippen LogP) is 2.01. The minimum atomic E-state index is -0.196. The molecule has 1 aliphatic heterocycles. The monoisotopic (exact) mass is 378 g/mol. The summed E-state index contributed by atoms with van der Waals surface area (Å²) in [5, 5.41) is 12.2. The Kier molecular flexibility index (Phi) is 5.03. The minimum absolute atomic E-state index is 0.187. The average molecular weight is 378 g/mol. The lowest BCUT2D eigenvalue weighted by Gasteiger charge is -2.22. The molecule has 0 bridgehead atoms. The molecule has 1 aromatic carbocycles. The van der Waals surface area contributed by atoms with Crippen LogP contribution in [0.5, 0.6) is 0 Å². The molecular weight excluding hydrogens is 356 g/mol. The summed E-state index contributed by atoms with van der Waals surface area (Å²) in [6.07, 6.45) is 6.41. The molecule has 0 saturated carbocycles. The van der Waals surface area contributed by atoms with E-state index in [4.69, 9.17) is 20.9 Å². The van der Waals surface area contributed by atoms with Crippen molar-refractivity contribution in [3.8, 4) is 0 Å². The van der Waals surface area contributed by atoms with Crippen molar-refractivity contribution in [2.75, 3.05) is 13.2 Å². The molecule has 8 heteroatoms. The quantitative estimate of drug-likeness (QED) is 0.586. The van der Waals surface area contributed by atoms with E-state index in [1.54, 1.807) is 12.3 Å². The number of hydrogen-bond donors (Lipinski definition) is 3. The molecule has 0 spiro atoms. The standard InChI is InChI=1S/C20H22N6O2/c21-8-5-17(22)15-4-2-1-3-13(15)11-18-24-19-16(20(27)25-18)12-23-26(19)14-6-9-28-10-7-14/h1-5,8,12,14,21H,6-7,9-11,22H2,(H,24,25,27). The van der Waals surface area contributed by atoms with Crippen molar-refractivity contribution in [2.24, 2.45) is 5.73 Å². The van der Waals surface area contributed by atoms with Gasteiger partial charge in [0.1, 0.15) is 11.2 Å².